The lowest BCUT2D eigenvalue weighted by Crippen LogP contribution is -2.34. The topological polar surface area (TPSA) is 63.8 Å². The first-order valence-corrected chi connectivity index (χ1v) is 10.6. The van der Waals surface area contributed by atoms with Gasteiger partial charge in [0.15, 0.2) is 0 Å². The minimum absolute atomic E-state index is 0. The summed E-state index contributed by atoms with van der Waals surface area (Å²) in [6.45, 7) is 8.19. The molecule has 1 aromatic carbocycles. The Balaban J connectivity index is 0.00000218. The highest BCUT2D eigenvalue weighted by molar-refractivity contribution is 5.85. The number of piperidine rings is 1. The van der Waals surface area contributed by atoms with Crippen molar-refractivity contribution in [3.63, 3.8) is 0 Å². The molecular formula is C22H30ClN7. The second kappa shape index (κ2) is 8.88. The van der Waals surface area contributed by atoms with E-state index >= 15 is 0 Å². The van der Waals surface area contributed by atoms with Crippen LogP contribution >= 0.6 is 12.4 Å². The number of aromatic nitrogens is 5. The minimum atomic E-state index is 0. The maximum atomic E-state index is 4.54. The molecule has 4 heterocycles. The first kappa shape index (κ1) is 21.0. The van der Waals surface area contributed by atoms with Crippen molar-refractivity contribution in [3.8, 4) is 11.3 Å². The number of likely N-dealkylation sites (tertiary alicyclic amines) is 1. The summed E-state index contributed by atoms with van der Waals surface area (Å²) in [6.07, 6.45) is 4.18. The number of nitrogens with one attached hydrogen (secondary N) is 1. The average molecular weight is 428 g/mol. The molecule has 5 rings (SSSR count). The van der Waals surface area contributed by atoms with E-state index in [2.05, 4.69) is 61.3 Å². The van der Waals surface area contributed by atoms with Gasteiger partial charge in [0.2, 0.25) is 0 Å². The predicted octanol–water partition coefficient (Wildman–Crippen LogP) is 2.89. The van der Waals surface area contributed by atoms with Crippen molar-refractivity contribution in [1.82, 2.24) is 34.8 Å². The molecule has 0 aliphatic carbocycles. The third-order valence-electron chi connectivity index (χ3n) is 6.36. The molecule has 0 bridgehead atoms. The van der Waals surface area contributed by atoms with Gasteiger partial charge < -0.3 is 9.88 Å². The molecule has 1 saturated heterocycles. The van der Waals surface area contributed by atoms with Crippen LogP contribution in [-0.4, -0.2) is 49.1 Å². The third-order valence-corrected chi connectivity index (χ3v) is 6.36. The zero-order valence-electron chi connectivity index (χ0n) is 17.7. The minimum Gasteiger partial charge on any atom is -0.312 e. The van der Waals surface area contributed by atoms with Crippen LogP contribution in [0, 0.1) is 6.92 Å². The number of fused-ring (bicyclic) bond motifs is 1. The summed E-state index contributed by atoms with van der Waals surface area (Å²) >= 11 is 0. The Hall–Kier alpha value is -2.22. The molecule has 0 radical (unpaired) electrons. The van der Waals surface area contributed by atoms with E-state index in [4.69, 9.17) is 0 Å². The van der Waals surface area contributed by atoms with Gasteiger partial charge in [0.1, 0.15) is 11.6 Å². The molecule has 2 aromatic heterocycles. The number of hydrogen-bond donors (Lipinski definition) is 1. The number of halogens is 1. The Bertz CT molecular complexity index is 1000. The van der Waals surface area contributed by atoms with Crippen LogP contribution in [0.1, 0.15) is 41.5 Å². The molecule has 30 heavy (non-hydrogen) atoms. The van der Waals surface area contributed by atoms with Gasteiger partial charge in [-0.2, -0.15) is 5.10 Å². The molecule has 0 saturated carbocycles. The van der Waals surface area contributed by atoms with Gasteiger partial charge in [-0.3, -0.25) is 9.58 Å². The highest BCUT2D eigenvalue weighted by atomic mass is 35.5. The van der Waals surface area contributed by atoms with Crippen LogP contribution < -0.4 is 5.32 Å². The normalized spacial score (nSPS) is 17.5. The van der Waals surface area contributed by atoms with E-state index in [1.807, 2.05) is 17.9 Å². The van der Waals surface area contributed by atoms with Crippen LogP contribution in [0.15, 0.2) is 30.5 Å². The summed E-state index contributed by atoms with van der Waals surface area (Å²) in [7, 11) is 2.02. The third kappa shape index (κ3) is 4.02. The van der Waals surface area contributed by atoms with Crippen LogP contribution in [0.3, 0.4) is 0 Å². The molecule has 2 aliphatic rings. The second-order valence-electron chi connectivity index (χ2n) is 8.35. The van der Waals surface area contributed by atoms with Gasteiger partial charge in [-0.15, -0.1) is 22.6 Å². The molecule has 160 valence electrons. The maximum absolute atomic E-state index is 4.54. The Kier molecular flexibility index (Phi) is 6.22. The predicted molar refractivity (Wildman–Crippen MR) is 120 cm³/mol. The lowest BCUT2D eigenvalue weighted by molar-refractivity contribution is 0.199. The molecule has 0 unspecified atom stereocenters. The lowest BCUT2D eigenvalue weighted by atomic mass is 9.94. The molecule has 8 heteroatoms. The van der Waals surface area contributed by atoms with Crippen LogP contribution in [0.25, 0.3) is 11.3 Å². The van der Waals surface area contributed by atoms with E-state index in [1.165, 1.54) is 28.2 Å². The van der Waals surface area contributed by atoms with Crippen LogP contribution in [-0.2, 0) is 26.7 Å². The highest BCUT2D eigenvalue weighted by Gasteiger charge is 2.27. The summed E-state index contributed by atoms with van der Waals surface area (Å²) in [5.41, 5.74) is 5.15. The van der Waals surface area contributed by atoms with Crippen molar-refractivity contribution in [2.45, 2.75) is 45.3 Å². The molecule has 0 spiro atoms. The van der Waals surface area contributed by atoms with Gasteiger partial charge >= 0.3 is 0 Å². The Morgan fingerprint density at radius 3 is 2.70 bits per heavy atom. The van der Waals surface area contributed by atoms with Crippen molar-refractivity contribution in [2.75, 3.05) is 19.6 Å². The van der Waals surface area contributed by atoms with Gasteiger partial charge in [-0.25, -0.2) is 0 Å². The van der Waals surface area contributed by atoms with Crippen LogP contribution in [0.4, 0.5) is 0 Å². The Labute approximate surface area is 183 Å². The van der Waals surface area contributed by atoms with Crippen molar-refractivity contribution in [1.29, 1.82) is 0 Å². The van der Waals surface area contributed by atoms with E-state index in [9.17, 15) is 0 Å². The van der Waals surface area contributed by atoms with Gasteiger partial charge in [-0.1, -0.05) is 17.7 Å². The monoisotopic (exact) mass is 427 g/mol. The zero-order chi connectivity index (χ0) is 19.8. The van der Waals surface area contributed by atoms with Crippen molar-refractivity contribution < 1.29 is 0 Å². The summed E-state index contributed by atoms with van der Waals surface area (Å²) < 4.78 is 4.31. The highest BCUT2D eigenvalue weighted by Crippen LogP contribution is 2.31. The van der Waals surface area contributed by atoms with E-state index in [0.717, 1.165) is 57.9 Å². The number of benzene rings is 1. The van der Waals surface area contributed by atoms with Gasteiger partial charge in [0, 0.05) is 44.4 Å². The fourth-order valence-electron chi connectivity index (χ4n) is 4.71. The smallest absolute Gasteiger partial charge is 0.147 e. The Morgan fingerprint density at radius 1 is 1.10 bits per heavy atom. The molecule has 0 atom stereocenters. The molecule has 1 fully saturated rings. The zero-order valence-corrected chi connectivity index (χ0v) is 18.5. The average Bonchev–Trinajstić information content (AvgIpc) is 3.36. The summed E-state index contributed by atoms with van der Waals surface area (Å²) in [4.78, 5) is 2.58. The van der Waals surface area contributed by atoms with E-state index in [-0.39, 0.29) is 12.4 Å². The van der Waals surface area contributed by atoms with Crippen molar-refractivity contribution in [3.05, 3.63) is 53.2 Å². The molecule has 0 amide bonds. The van der Waals surface area contributed by atoms with Crippen LogP contribution in [0.2, 0.25) is 0 Å². The molecule has 7 nitrogen and oxygen atoms in total. The number of aryl methyl sites for hydroxylation is 2. The summed E-state index contributed by atoms with van der Waals surface area (Å²) in [5, 5.41) is 16.7. The lowest BCUT2D eigenvalue weighted by Gasteiger charge is -2.32. The van der Waals surface area contributed by atoms with E-state index < -0.39 is 0 Å². The van der Waals surface area contributed by atoms with Crippen molar-refractivity contribution >= 4 is 12.4 Å². The summed E-state index contributed by atoms with van der Waals surface area (Å²) in [6, 6.07) is 8.90. The number of rotatable bonds is 4. The second-order valence-corrected chi connectivity index (χ2v) is 8.35. The fourth-order valence-corrected chi connectivity index (χ4v) is 4.71. The molecule has 1 N–H and O–H groups in total. The van der Waals surface area contributed by atoms with Gasteiger partial charge in [-0.05, 0) is 50.6 Å². The van der Waals surface area contributed by atoms with Crippen LogP contribution in [0.5, 0.6) is 0 Å². The largest absolute Gasteiger partial charge is 0.312 e. The summed E-state index contributed by atoms with van der Waals surface area (Å²) in [5.74, 6) is 2.82. The molecule has 2 aliphatic heterocycles. The Morgan fingerprint density at radius 2 is 1.93 bits per heavy atom. The number of hydrogen-bond acceptors (Lipinski definition) is 5. The van der Waals surface area contributed by atoms with Gasteiger partial charge in [0.05, 0.1) is 12.2 Å². The van der Waals surface area contributed by atoms with Crippen molar-refractivity contribution in [2.24, 2.45) is 7.05 Å². The maximum Gasteiger partial charge on any atom is 0.147 e. The first-order valence-electron chi connectivity index (χ1n) is 10.6. The SMILES string of the molecule is Cc1ccc(CN2CCC(c3nnc4n3CCNC4)CC2)c(-c2ccnn2C)c1.Cl. The number of nitrogens with zero attached hydrogens (tertiary/aromatic N) is 6. The standard InChI is InChI=1S/C22H29N7.ClH/c1-16-3-4-18(19(13-16)20-5-8-24-27(20)2)15-28-10-6-17(7-11-28)22-26-25-21-14-23-9-12-29(21)22;/h3-5,8,13,17,23H,6-7,9-12,14-15H2,1-2H3;1H. The quantitative estimate of drug-likeness (QED) is 0.693. The first-order chi connectivity index (χ1) is 14.2. The molecular weight excluding hydrogens is 398 g/mol. The molecule has 3 aromatic rings. The van der Waals surface area contributed by atoms with E-state index in [0.29, 0.717) is 5.92 Å². The van der Waals surface area contributed by atoms with Gasteiger partial charge in [0.25, 0.3) is 0 Å². The van der Waals surface area contributed by atoms with E-state index in [1.54, 1.807) is 0 Å². The fraction of sp³-hybridized carbons (Fsp3) is 0.500.